The van der Waals surface area contributed by atoms with E-state index in [-0.39, 0.29) is 18.7 Å². The van der Waals surface area contributed by atoms with Gasteiger partial charge in [-0.1, -0.05) is 19.9 Å². The van der Waals surface area contributed by atoms with E-state index >= 15 is 0 Å². The average Bonchev–Trinajstić information content (AvgIpc) is 2.90. The maximum atomic E-state index is 12.8. The zero-order valence-corrected chi connectivity index (χ0v) is 16.4. The summed E-state index contributed by atoms with van der Waals surface area (Å²) in [7, 11) is 0. The number of carbonyl (C=O) groups is 2. The monoisotopic (exact) mass is 380 g/mol. The van der Waals surface area contributed by atoms with E-state index in [1.807, 2.05) is 9.80 Å². The summed E-state index contributed by atoms with van der Waals surface area (Å²) < 4.78 is 5.73. The second-order valence-corrected chi connectivity index (χ2v) is 7.64. The highest BCUT2D eigenvalue weighted by atomic mass is 16.6. The van der Waals surface area contributed by atoms with E-state index in [0.29, 0.717) is 52.1 Å². The topological polar surface area (TPSA) is 76.6 Å². The van der Waals surface area contributed by atoms with Crippen molar-refractivity contribution in [1.82, 2.24) is 19.6 Å². The number of ether oxygens (including phenoxy) is 1. The summed E-state index contributed by atoms with van der Waals surface area (Å²) in [4.78, 5) is 32.6. The number of piperazine rings is 1. The summed E-state index contributed by atoms with van der Waals surface area (Å²) in [6.07, 6.45) is 2.86. The first kappa shape index (κ1) is 19.9. The molecular weight excluding hydrogens is 348 g/mol. The van der Waals surface area contributed by atoms with Gasteiger partial charge >= 0.3 is 12.1 Å². The molecule has 8 nitrogen and oxygen atoms in total. The van der Waals surface area contributed by atoms with Crippen molar-refractivity contribution in [1.29, 1.82) is 0 Å². The van der Waals surface area contributed by atoms with Crippen LogP contribution in [0.25, 0.3) is 0 Å². The first-order valence-corrected chi connectivity index (χ1v) is 10.1. The number of hydrogen-bond donors (Lipinski definition) is 1. The number of hydrogen-bond acceptors (Lipinski definition) is 5. The summed E-state index contributed by atoms with van der Waals surface area (Å²) >= 11 is 0. The number of aliphatic hydroxyl groups excluding tert-OH is 1. The number of aliphatic hydroxyl groups is 1. The van der Waals surface area contributed by atoms with E-state index < -0.39 is 5.60 Å². The third kappa shape index (κ3) is 4.06. The SMILES string of the molecule is C=C1N(CCCC)C(=O)OC12CCN(C(=O)N1CCN(CCO)CC1)CC2. The number of nitrogens with zero attached hydrogens (tertiary/aromatic N) is 4. The average molecular weight is 380 g/mol. The van der Waals surface area contributed by atoms with Crippen molar-refractivity contribution in [3.05, 3.63) is 12.3 Å². The predicted octanol–water partition coefficient (Wildman–Crippen LogP) is 1.32. The standard InChI is InChI=1S/C19H32N4O4/c1-3-4-7-23-16(2)19(27-18(23)26)5-8-21(9-6-19)17(25)22-12-10-20(11-13-22)14-15-24/h24H,2-15H2,1H3. The Morgan fingerprint density at radius 3 is 2.33 bits per heavy atom. The second kappa shape index (κ2) is 8.48. The van der Waals surface area contributed by atoms with Gasteiger partial charge in [-0.15, -0.1) is 0 Å². The molecule has 0 aromatic rings. The fourth-order valence-corrected chi connectivity index (χ4v) is 4.13. The van der Waals surface area contributed by atoms with Crippen LogP contribution < -0.4 is 0 Å². The van der Waals surface area contributed by atoms with Crippen molar-refractivity contribution < 1.29 is 19.4 Å². The quantitative estimate of drug-likeness (QED) is 0.778. The van der Waals surface area contributed by atoms with Gasteiger partial charge in [-0.25, -0.2) is 9.59 Å². The summed E-state index contributed by atoms with van der Waals surface area (Å²) in [5.41, 5.74) is 0.118. The third-order valence-electron chi connectivity index (χ3n) is 5.99. The lowest BCUT2D eigenvalue weighted by atomic mass is 9.88. The Bertz CT molecular complexity index is 566. The molecule has 0 atom stereocenters. The van der Waals surface area contributed by atoms with Crippen LogP contribution in [0.15, 0.2) is 12.3 Å². The molecule has 0 radical (unpaired) electrons. The molecule has 0 saturated carbocycles. The maximum absolute atomic E-state index is 12.8. The smallest absolute Gasteiger partial charge is 0.415 e. The van der Waals surface area contributed by atoms with Gasteiger partial charge in [-0.2, -0.15) is 0 Å². The van der Waals surface area contributed by atoms with Crippen LogP contribution in [0.3, 0.4) is 0 Å². The van der Waals surface area contributed by atoms with Crippen LogP contribution in [-0.2, 0) is 4.74 Å². The molecule has 3 fully saturated rings. The molecule has 0 unspecified atom stereocenters. The highest BCUT2D eigenvalue weighted by Crippen LogP contribution is 2.40. The number of urea groups is 1. The van der Waals surface area contributed by atoms with E-state index in [1.54, 1.807) is 4.90 Å². The first-order chi connectivity index (χ1) is 13.0. The number of rotatable bonds is 5. The molecule has 3 aliphatic heterocycles. The Morgan fingerprint density at radius 2 is 1.74 bits per heavy atom. The summed E-state index contributed by atoms with van der Waals surface area (Å²) in [5.74, 6) is 0. The third-order valence-corrected chi connectivity index (χ3v) is 5.99. The van der Waals surface area contributed by atoms with Crippen LogP contribution in [0.2, 0.25) is 0 Å². The first-order valence-electron chi connectivity index (χ1n) is 10.1. The van der Waals surface area contributed by atoms with Crippen molar-refractivity contribution in [3.8, 4) is 0 Å². The molecule has 3 aliphatic rings. The van der Waals surface area contributed by atoms with Gasteiger partial charge in [0.1, 0.15) is 0 Å². The second-order valence-electron chi connectivity index (χ2n) is 7.64. The molecule has 3 heterocycles. The lowest BCUT2D eigenvalue weighted by Crippen LogP contribution is -2.56. The number of β-amino-alcohol motifs (C(OH)–C–C–N with tert-alkyl or cyclic N) is 1. The highest BCUT2D eigenvalue weighted by Gasteiger charge is 2.50. The molecule has 0 aromatic carbocycles. The fraction of sp³-hybridized carbons (Fsp3) is 0.789. The summed E-state index contributed by atoms with van der Waals surface area (Å²) in [5, 5.41) is 9.03. The van der Waals surface area contributed by atoms with E-state index in [1.165, 1.54) is 0 Å². The zero-order chi connectivity index (χ0) is 19.4. The van der Waals surface area contributed by atoms with Crippen molar-refractivity contribution in [3.63, 3.8) is 0 Å². The predicted molar refractivity (Wildman–Crippen MR) is 101 cm³/mol. The van der Waals surface area contributed by atoms with Crippen LogP contribution in [0.1, 0.15) is 32.6 Å². The molecule has 1 N–H and O–H groups in total. The minimum absolute atomic E-state index is 0.0614. The molecular formula is C19H32N4O4. The van der Waals surface area contributed by atoms with Gasteiger partial charge in [0.15, 0.2) is 5.60 Å². The van der Waals surface area contributed by atoms with Crippen LogP contribution in [0.5, 0.6) is 0 Å². The van der Waals surface area contributed by atoms with E-state index in [2.05, 4.69) is 18.4 Å². The van der Waals surface area contributed by atoms with Crippen molar-refractivity contribution in [2.45, 2.75) is 38.2 Å². The Balaban J connectivity index is 1.52. The van der Waals surface area contributed by atoms with Gasteiger partial charge in [-0.05, 0) is 6.42 Å². The number of piperidine rings is 1. The zero-order valence-electron chi connectivity index (χ0n) is 16.4. The minimum atomic E-state index is -0.637. The minimum Gasteiger partial charge on any atom is -0.436 e. The van der Waals surface area contributed by atoms with Gasteiger partial charge in [0.25, 0.3) is 0 Å². The largest absolute Gasteiger partial charge is 0.436 e. The molecule has 3 rings (SSSR count). The van der Waals surface area contributed by atoms with Crippen LogP contribution in [0.4, 0.5) is 9.59 Å². The van der Waals surface area contributed by atoms with Crippen LogP contribution >= 0.6 is 0 Å². The molecule has 27 heavy (non-hydrogen) atoms. The van der Waals surface area contributed by atoms with Crippen molar-refractivity contribution >= 4 is 12.1 Å². The van der Waals surface area contributed by atoms with Crippen LogP contribution in [-0.4, -0.2) is 101 Å². The van der Waals surface area contributed by atoms with Crippen molar-refractivity contribution in [2.75, 3.05) is 59.0 Å². The van der Waals surface area contributed by atoms with Gasteiger partial charge in [0.2, 0.25) is 0 Å². The Morgan fingerprint density at radius 1 is 1.11 bits per heavy atom. The molecule has 152 valence electrons. The fourth-order valence-electron chi connectivity index (χ4n) is 4.13. The Kier molecular flexibility index (Phi) is 6.26. The molecule has 1 spiro atoms. The normalized spacial score (nSPS) is 23.3. The highest BCUT2D eigenvalue weighted by molar-refractivity contribution is 5.76. The molecule has 0 bridgehead atoms. The lowest BCUT2D eigenvalue weighted by molar-refractivity contribution is 0.0171. The van der Waals surface area contributed by atoms with Gasteiger partial charge in [0, 0.05) is 65.2 Å². The number of unbranched alkanes of at least 4 members (excludes halogenated alkanes) is 1. The number of carbonyl (C=O) groups excluding carboxylic acids is 2. The lowest BCUT2D eigenvalue weighted by Gasteiger charge is -2.42. The summed E-state index contributed by atoms with van der Waals surface area (Å²) in [6.45, 7) is 11.8. The Hall–Kier alpha value is -1.80. The van der Waals surface area contributed by atoms with E-state index in [9.17, 15) is 9.59 Å². The van der Waals surface area contributed by atoms with Gasteiger partial charge in [-0.3, -0.25) is 9.80 Å². The molecule has 0 aromatic heterocycles. The van der Waals surface area contributed by atoms with Gasteiger partial charge in [0.05, 0.1) is 12.3 Å². The molecule has 8 heteroatoms. The molecule has 3 saturated heterocycles. The molecule has 3 amide bonds. The van der Waals surface area contributed by atoms with E-state index in [4.69, 9.17) is 9.84 Å². The Labute approximate surface area is 161 Å². The van der Waals surface area contributed by atoms with Crippen molar-refractivity contribution in [2.24, 2.45) is 0 Å². The maximum Gasteiger partial charge on any atom is 0.415 e. The number of likely N-dealkylation sites (tertiary alicyclic amines) is 1. The van der Waals surface area contributed by atoms with Crippen LogP contribution in [0, 0.1) is 0 Å². The van der Waals surface area contributed by atoms with Gasteiger partial charge < -0.3 is 19.6 Å². The molecule has 0 aliphatic carbocycles. The number of amides is 3. The summed E-state index contributed by atoms with van der Waals surface area (Å²) in [6, 6.07) is 0.0614. The van der Waals surface area contributed by atoms with E-state index in [0.717, 1.165) is 31.6 Å².